The zero-order valence-electron chi connectivity index (χ0n) is 14.7. The van der Waals surface area contributed by atoms with E-state index in [9.17, 15) is 14.4 Å². The number of furan rings is 1. The van der Waals surface area contributed by atoms with Crippen molar-refractivity contribution < 1.29 is 18.8 Å². The molecule has 7 nitrogen and oxygen atoms in total. The van der Waals surface area contributed by atoms with E-state index >= 15 is 0 Å². The van der Waals surface area contributed by atoms with E-state index < -0.39 is 0 Å². The zero-order valence-corrected chi connectivity index (χ0v) is 14.7. The number of amides is 3. The van der Waals surface area contributed by atoms with Crippen molar-refractivity contribution in [2.75, 3.05) is 6.54 Å². The fourth-order valence-corrected chi connectivity index (χ4v) is 2.30. The minimum atomic E-state index is -0.376. The van der Waals surface area contributed by atoms with Gasteiger partial charge < -0.3 is 20.4 Å². The van der Waals surface area contributed by atoms with E-state index in [-0.39, 0.29) is 30.8 Å². The van der Waals surface area contributed by atoms with Crippen LogP contribution in [0.1, 0.15) is 34.5 Å². The summed E-state index contributed by atoms with van der Waals surface area (Å²) in [5.41, 5.74) is 1.38. The van der Waals surface area contributed by atoms with E-state index in [1.807, 2.05) is 0 Å². The Kier molecular flexibility index (Phi) is 6.04. The lowest BCUT2D eigenvalue weighted by atomic mass is 10.1. The van der Waals surface area contributed by atoms with Crippen LogP contribution in [0.25, 0.3) is 6.08 Å². The molecule has 3 rings (SSSR count). The second-order valence-electron chi connectivity index (χ2n) is 6.28. The molecule has 0 spiro atoms. The molecule has 3 amide bonds. The Bertz CT molecular complexity index is 821. The predicted molar refractivity (Wildman–Crippen MR) is 99.5 cm³/mol. The lowest BCUT2D eigenvalue weighted by Gasteiger charge is -2.04. The fraction of sp³-hybridized carbons (Fsp3) is 0.250. The number of carbonyl (C=O) groups excluding carboxylic acids is 3. The van der Waals surface area contributed by atoms with E-state index in [4.69, 9.17) is 4.42 Å². The summed E-state index contributed by atoms with van der Waals surface area (Å²) in [6.07, 6.45) is 6.59. The molecule has 3 N–H and O–H groups in total. The maximum absolute atomic E-state index is 11.9. The standard InChI is InChI=1S/C20H21N3O4/c24-18(22-13-19(25)21-12-17-2-1-11-27-17)10-5-14-3-6-15(7-4-14)20(26)23-16-8-9-16/h1-7,10-11,16H,8-9,12-13H2,(H,21,25)(H,22,24)(H,23,26)/b10-5+. The van der Waals surface area contributed by atoms with E-state index in [1.165, 1.54) is 12.3 Å². The van der Waals surface area contributed by atoms with Gasteiger partial charge >= 0.3 is 0 Å². The third-order valence-electron chi connectivity index (χ3n) is 3.98. The van der Waals surface area contributed by atoms with Gasteiger partial charge in [0.15, 0.2) is 0 Å². The van der Waals surface area contributed by atoms with Crippen LogP contribution in [0.3, 0.4) is 0 Å². The quantitative estimate of drug-likeness (QED) is 0.617. The first kappa shape index (κ1) is 18.4. The molecule has 1 aliphatic carbocycles. The molecule has 0 saturated heterocycles. The van der Waals surface area contributed by atoms with Crippen molar-refractivity contribution in [1.29, 1.82) is 0 Å². The maximum Gasteiger partial charge on any atom is 0.251 e. The molecule has 1 aromatic carbocycles. The molecular formula is C20H21N3O4. The summed E-state index contributed by atoms with van der Waals surface area (Å²) < 4.78 is 5.10. The smallest absolute Gasteiger partial charge is 0.251 e. The van der Waals surface area contributed by atoms with Crippen molar-refractivity contribution in [1.82, 2.24) is 16.0 Å². The van der Waals surface area contributed by atoms with E-state index in [1.54, 1.807) is 42.5 Å². The average Bonchev–Trinajstić information content (AvgIpc) is 3.33. The van der Waals surface area contributed by atoms with E-state index in [0.29, 0.717) is 17.4 Å². The normalized spacial score (nSPS) is 13.3. The van der Waals surface area contributed by atoms with Crippen molar-refractivity contribution in [3.8, 4) is 0 Å². The van der Waals surface area contributed by atoms with Gasteiger partial charge in [-0.2, -0.15) is 0 Å². The van der Waals surface area contributed by atoms with Crippen molar-refractivity contribution in [3.05, 3.63) is 65.6 Å². The van der Waals surface area contributed by atoms with Gasteiger partial charge in [-0.15, -0.1) is 0 Å². The van der Waals surface area contributed by atoms with Crippen LogP contribution in [-0.2, 0) is 16.1 Å². The summed E-state index contributed by atoms with van der Waals surface area (Å²) in [5.74, 6) is -0.118. The second-order valence-corrected chi connectivity index (χ2v) is 6.28. The molecule has 0 unspecified atom stereocenters. The maximum atomic E-state index is 11.9. The van der Waals surface area contributed by atoms with Crippen LogP contribution in [0.15, 0.2) is 53.2 Å². The number of benzene rings is 1. The predicted octanol–water partition coefficient (Wildman–Crippen LogP) is 1.62. The molecule has 1 saturated carbocycles. The molecule has 7 heteroatoms. The van der Waals surface area contributed by atoms with Crippen LogP contribution in [0.2, 0.25) is 0 Å². The minimum absolute atomic E-state index is 0.0775. The van der Waals surface area contributed by atoms with Crippen LogP contribution in [0, 0.1) is 0 Å². The first-order valence-corrected chi connectivity index (χ1v) is 8.76. The lowest BCUT2D eigenvalue weighted by molar-refractivity contribution is -0.124. The number of hydrogen-bond donors (Lipinski definition) is 3. The van der Waals surface area contributed by atoms with Gasteiger partial charge in [-0.1, -0.05) is 12.1 Å². The van der Waals surface area contributed by atoms with Crippen LogP contribution >= 0.6 is 0 Å². The number of rotatable bonds is 8. The van der Waals surface area contributed by atoms with Crippen molar-refractivity contribution >= 4 is 23.8 Å². The Morgan fingerprint density at radius 1 is 1.07 bits per heavy atom. The summed E-state index contributed by atoms with van der Waals surface area (Å²) >= 11 is 0. The molecule has 0 bridgehead atoms. The highest BCUT2D eigenvalue weighted by Gasteiger charge is 2.23. The first-order chi connectivity index (χ1) is 13.1. The van der Waals surface area contributed by atoms with Crippen LogP contribution in [0.4, 0.5) is 0 Å². The van der Waals surface area contributed by atoms with Gasteiger partial charge in [-0.05, 0) is 48.7 Å². The third-order valence-corrected chi connectivity index (χ3v) is 3.98. The molecule has 27 heavy (non-hydrogen) atoms. The summed E-state index contributed by atoms with van der Waals surface area (Å²) in [5, 5.41) is 8.07. The van der Waals surface area contributed by atoms with E-state index in [2.05, 4.69) is 16.0 Å². The molecule has 0 aliphatic heterocycles. The fourth-order valence-electron chi connectivity index (χ4n) is 2.30. The molecule has 1 fully saturated rings. The molecule has 0 radical (unpaired) electrons. The molecule has 1 aliphatic rings. The SMILES string of the molecule is O=C(/C=C/c1ccc(C(=O)NC2CC2)cc1)NCC(=O)NCc1ccco1. The molecule has 1 aromatic heterocycles. The van der Waals surface area contributed by atoms with Gasteiger partial charge in [0.25, 0.3) is 5.91 Å². The van der Waals surface area contributed by atoms with Gasteiger partial charge in [0.1, 0.15) is 5.76 Å². The Morgan fingerprint density at radius 3 is 2.52 bits per heavy atom. The Morgan fingerprint density at radius 2 is 1.85 bits per heavy atom. The van der Waals surface area contributed by atoms with Gasteiger partial charge in [0, 0.05) is 17.7 Å². The van der Waals surface area contributed by atoms with Gasteiger partial charge in [-0.3, -0.25) is 14.4 Å². The Balaban J connectivity index is 1.39. The molecule has 2 aromatic rings. The lowest BCUT2D eigenvalue weighted by Crippen LogP contribution is -2.35. The zero-order chi connectivity index (χ0) is 19.1. The van der Waals surface area contributed by atoms with Crippen LogP contribution in [-0.4, -0.2) is 30.3 Å². The van der Waals surface area contributed by atoms with Gasteiger partial charge in [0.2, 0.25) is 11.8 Å². The monoisotopic (exact) mass is 367 g/mol. The highest BCUT2D eigenvalue weighted by atomic mass is 16.3. The second kappa shape index (κ2) is 8.84. The van der Waals surface area contributed by atoms with Crippen molar-refractivity contribution in [2.45, 2.75) is 25.4 Å². The Hall–Kier alpha value is -3.35. The average molecular weight is 367 g/mol. The van der Waals surface area contributed by atoms with E-state index in [0.717, 1.165) is 18.4 Å². The number of nitrogens with one attached hydrogen (secondary N) is 3. The third kappa shape index (κ3) is 6.14. The minimum Gasteiger partial charge on any atom is -0.467 e. The number of hydrogen-bond acceptors (Lipinski definition) is 4. The first-order valence-electron chi connectivity index (χ1n) is 8.76. The number of carbonyl (C=O) groups is 3. The molecular weight excluding hydrogens is 346 g/mol. The van der Waals surface area contributed by atoms with Crippen molar-refractivity contribution in [3.63, 3.8) is 0 Å². The highest BCUT2D eigenvalue weighted by molar-refractivity contribution is 5.96. The van der Waals surface area contributed by atoms with Crippen LogP contribution < -0.4 is 16.0 Å². The van der Waals surface area contributed by atoms with Crippen LogP contribution in [0.5, 0.6) is 0 Å². The summed E-state index contributed by atoms with van der Waals surface area (Å²) in [7, 11) is 0. The van der Waals surface area contributed by atoms with Gasteiger partial charge in [-0.25, -0.2) is 0 Å². The topological polar surface area (TPSA) is 100 Å². The summed E-state index contributed by atoms with van der Waals surface area (Å²) in [4.78, 5) is 35.4. The summed E-state index contributed by atoms with van der Waals surface area (Å²) in [6.45, 7) is 0.155. The molecule has 140 valence electrons. The van der Waals surface area contributed by atoms with Crippen molar-refractivity contribution in [2.24, 2.45) is 0 Å². The summed E-state index contributed by atoms with van der Waals surface area (Å²) in [6, 6.07) is 10.8. The molecule has 1 heterocycles. The highest BCUT2D eigenvalue weighted by Crippen LogP contribution is 2.19. The van der Waals surface area contributed by atoms with Gasteiger partial charge in [0.05, 0.1) is 19.4 Å². The Labute approximate surface area is 156 Å². The molecule has 0 atom stereocenters. The largest absolute Gasteiger partial charge is 0.467 e.